The molecule has 4 aromatic rings. The van der Waals surface area contributed by atoms with Crippen LogP contribution < -0.4 is 0 Å². The number of rotatable bonds is 8. The summed E-state index contributed by atoms with van der Waals surface area (Å²) in [5.41, 5.74) is 6.93. The van der Waals surface area contributed by atoms with E-state index in [4.69, 9.17) is 21.6 Å². The second-order valence-electron chi connectivity index (χ2n) is 8.45. The van der Waals surface area contributed by atoms with Crippen molar-refractivity contribution in [1.29, 1.82) is 0 Å². The summed E-state index contributed by atoms with van der Waals surface area (Å²) in [6.07, 6.45) is 5.24. The number of allylic oxidation sites excluding steroid dienone is 2. The molecule has 0 atom stereocenters. The summed E-state index contributed by atoms with van der Waals surface area (Å²) in [6.45, 7) is 12.0. The predicted molar refractivity (Wildman–Crippen MR) is 164 cm³/mol. The van der Waals surface area contributed by atoms with Gasteiger partial charge in [-0.1, -0.05) is 122 Å². The molecular formula is C34H28ClN3. The molecule has 0 aliphatic carbocycles. The van der Waals surface area contributed by atoms with Crippen LogP contribution in [0.3, 0.4) is 0 Å². The monoisotopic (exact) mass is 513 g/mol. The number of nitrogens with zero attached hydrogens (tertiary/aromatic N) is 3. The number of halogens is 1. The molecule has 0 heterocycles. The van der Waals surface area contributed by atoms with E-state index in [0.29, 0.717) is 23.2 Å². The zero-order chi connectivity index (χ0) is 26.7. The molecule has 4 aromatic carbocycles. The van der Waals surface area contributed by atoms with Crippen LogP contribution >= 0.6 is 11.6 Å². The van der Waals surface area contributed by atoms with Crippen molar-refractivity contribution in [3.63, 3.8) is 0 Å². The minimum Gasteiger partial charge on any atom is -0.261 e. The van der Waals surface area contributed by atoms with E-state index in [-0.39, 0.29) is 0 Å². The van der Waals surface area contributed by atoms with Gasteiger partial charge in [-0.15, -0.1) is 0 Å². The Morgan fingerprint density at radius 2 is 1.37 bits per heavy atom. The topological polar surface area (TPSA) is 37.1 Å². The lowest BCUT2D eigenvalue weighted by Crippen LogP contribution is -2.06. The molecule has 0 saturated heterocycles. The van der Waals surface area contributed by atoms with Crippen molar-refractivity contribution in [3.05, 3.63) is 156 Å². The van der Waals surface area contributed by atoms with E-state index >= 15 is 0 Å². The van der Waals surface area contributed by atoms with Crippen LogP contribution in [0, 0.1) is 0 Å². The molecule has 0 N–H and O–H groups in total. The molecule has 0 aliphatic rings. The fourth-order valence-corrected chi connectivity index (χ4v) is 4.17. The first kappa shape index (κ1) is 26.5. The lowest BCUT2D eigenvalue weighted by Gasteiger charge is -2.09. The van der Waals surface area contributed by atoms with Gasteiger partial charge in [0.25, 0.3) is 0 Å². The highest BCUT2D eigenvalue weighted by Gasteiger charge is 2.10. The predicted octanol–water partition coefficient (Wildman–Crippen LogP) is 9.02. The summed E-state index contributed by atoms with van der Waals surface area (Å²) < 4.78 is 0. The Morgan fingerprint density at radius 3 is 2.00 bits per heavy atom. The summed E-state index contributed by atoms with van der Waals surface area (Å²) >= 11 is 6.22. The SMILES string of the molecule is C=C/C=C(\C=C)C(=NCc1ccccc1)N=C(N=C)c1cccc(-c2cccc(-c3cccc(Cl)c3)c2)c1. The third-order valence-electron chi connectivity index (χ3n) is 5.87. The molecule has 0 aromatic heterocycles. The van der Waals surface area contributed by atoms with Crippen molar-refractivity contribution < 1.29 is 0 Å². The summed E-state index contributed by atoms with van der Waals surface area (Å²) in [4.78, 5) is 13.8. The fraction of sp³-hybridized carbons (Fsp3) is 0.0294. The lowest BCUT2D eigenvalue weighted by molar-refractivity contribution is 1.06. The minimum atomic E-state index is 0.474. The summed E-state index contributed by atoms with van der Waals surface area (Å²) in [7, 11) is 0. The first-order valence-corrected chi connectivity index (χ1v) is 12.5. The summed E-state index contributed by atoms with van der Waals surface area (Å²) in [5.74, 6) is 0.987. The van der Waals surface area contributed by atoms with Gasteiger partial charge in [0.2, 0.25) is 0 Å². The smallest absolute Gasteiger partial charge is 0.161 e. The van der Waals surface area contributed by atoms with E-state index in [0.717, 1.165) is 39.0 Å². The Kier molecular flexibility index (Phi) is 9.12. The van der Waals surface area contributed by atoms with Crippen molar-refractivity contribution in [2.45, 2.75) is 6.54 Å². The Hall–Kier alpha value is -4.60. The van der Waals surface area contributed by atoms with Gasteiger partial charge >= 0.3 is 0 Å². The van der Waals surface area contributed by atoms with E-state index < -0.39 is 0 Å². The van der Waals surface area contributed by atoms with Gasteiger partial charge in [-0.25, -0.2) is 9.98 Å². The molecular weight excluding hydrogens is 486 g/mol. The molecule has 0 radical (unpaired) electrons. The van der Waals surface area contributed by atoms with E-state index in [1.165, 1.54) is 0 Å². The number of amidine groups is 2. The molecule has 0 fully saturated rings. The van der Waals surface area contributed by atoms with Crippen LogP contribution in [0.5, 0.6) is 0 Å². The number of aliphatic imine (C=N–C) groups is 3. The van der Waals surface area contributed by atoms with E-state index in [2.05, 4.69) is 61.3 Å². The highest BCUT2D eigenvalue weighted by molar-refractivity contribution is 6.30. The van der Waals surface area contributed by atoms with E-state index in [1.54, 1.807) is 12.2 Å². The average molecular weight is 514 g/mol. The zero-order valence-corrected chi connectivity index (χ0v) is 21.9. The number of hydrogen-bond donors (Lipinski definition) is 0. The first-order chi connectivity index (χ1) is 18.6. The first-order valence-electron chi connectivity index (χ1n) is 12.2. The molecule has 3 nitrogen and oxygen atoms in total. The van der Waals surface area contributed by atoms with Gasteiger partial charge in [0.05, 0.1) is 6.54 Å². The number of benzene rings is 4. The van der Waals surface area contributed by atoms with Crippen molar-refractivity contribution in [1.82, 2.24) is 0 Å². The van der Waals surface area contributed by atoms with Crippen molar-refractivity contribution in [2.24, 2.45) is 15.0 Å². The van der Waals surface area contributed by atoms with Gasteiger partial charge in [0.1, 0.15) is 0 Å². The molecule has 38 heavy (non-hydrogen) atoms. The van der Waals surface area contributed by atoms with Crippen LogP contribution in [0.15, 0.2) is 155 Å². The van der Waals surface area contributed by atoms with Crippen LogP contribution in [-0.2, 0) is 6.54 Å². The molecule has 0 aliphatic heterocycles. The van der Waals surface area contributed by atoms with Gasteiger partial charge in [0.15, 0.2) is 11.7 Å². The zero-order valence-electron chi connectivity index (χ0n) is 21.1. The van der Waals surface area contributed by atoms with Crippen LogP contribution in [0.25, 0.3) is 22.3 Å². The fourth-order valence-electron chi connectivity index (χ4n) is 3.98. The van der Waals surface area contributed by atoms with E-state index in [1.807, 2.05) is 72.8 Å². The Balaban J connectivity index is 1.72. The van der Waals surface area contributed by atoms with Gasteiger partial charge in [-0.2, -0.15) is 0 Å². The normalized spacial score (nSPS) is 12.2. The molecule has 4 heteroatoms. The molecule has 4 rings (SSSR count). The van der Waals surface area contributed by atoms with Gasteiger partial charge in [-0.3, -0.25) is 4.99 Å². The van der Waals surface area contributed by atoms with E-state index in [9.17, 15) is 0 Å². The molecule has 0 bridgehead atoms. The minimum absolute atomic E-state index is 0.474. The third kappa shape index (κ3) is 6.78. The third-order valence-corrected chi connectivity index (χ3v) is 6.10. The van der Waals surface area contributed by atoms with Crippen molar-refractivity contribution in [3.8, 4) is 22.3 Å². The van der Waals surface area contributed by atoms with Gasteiger partial charge in [0, 0.05) is 16.2 Å². The number of hydrogen-bond acceptors (Lipinski definition) is 1. The van der Waals surface area contributed by atoms with Gasteiger partial charge < -0.3 is 0 Å². The maximum absolute atomic E-state index is 6.22. The van der Waals surface area contributed by atoms with Crippen LogP contribution in [0.4, 0.5) is 0 Å². The summed E-state index contributed by atoms with van der Waals surface area (Å²) in [5, 5.41) is 0.710. The van der Waals surface area contributed by atoms with Crippen molar-refractivity contribution in [2.75, 3.05) is 0 Å². The Labute approximate surface area is 229 Å². The Morgan fingerprint density at radius 1 is 0.737 bits per heavy atom. The second kappa shape index (κ2) is 13.1. The molecule has 0 amide bonds. The highest BCUT2D eigenvalue weighted by Crippen LogP contribution is 2.28. The van der Waals surface area contributed by atoms with Crippen LogP contribution in [0.2, 0.25) is 5.02 Å². The quantitative estimate of drug-likeness (QED) is 0.128. The molecule has 186 valence electrons. The molecule has 0 unspecified atom stereocenters. The summed E-state index contributed by atoms with van der Waals surface area (Å²) in [6, 6.07) is 34.3. The largest absolute Gasteiger partial charge is 0.261 e. The maximum atomic E-state index is 6.22. The van der Waals surface area contributed by atoms with Crippen LogP contribution in [0.1, 0.15) is 11.1 Å². The molecule has 0 spiro atoms. The lowest BCUT2D eigenvalue weighted by atomic mass is 9.98. The second-order valence-corrected chi connectivity index (χ2v) is 8.89. The standard InChI is InChI=1S/C34H28ClN3/c1-4-12-26(5-2)34(37-24-25-13-7-6-8-14-25)38-33(36-3)31-19-10-17-29(22-31)27-15-9-16-28(21-27)30-18-11-20-32(35)23-30/h4-23H,1-3,24H2/b26-12+,37-34?,38-33?. The highest BCUT2D eigenvalue weighted by atomic mass is 35.5. The van der Waals surface area contributed by atoms with Gasteiger partial charge in [-0.05, 0) is 58.8 Å². The van der Waals surface area contributed by atoms with Crippen LogP contribution in [-0.4, -0.2) is 18.4 Å². The molecule has 0 saturated carbocycles. The Bertz CT molecular complexity index is 1550. The average Bonchev–Trinajstić information content (AvgIpc) is 2.97. The maximum Gasteiger partial charge on any atom is 0.161 e. The van der Waals surface area contributed by atoms with Crippen molar-refractivity contribution >= 4 is 30.0 Å².